The summed E-state index contributed by atoms with van der Waals surface area (Å²) in [5.74, 6) is 6.36. The van der Waals surface area contributed by atoms with Crippen LogP contribution in [0.15, 0.2) is 18.2 Å². The van der Waals surface area contributed by atoms with Crippen molar-refractivity contribution in [2.45, 2.75) is 6.92 Å². The molecule has 0 fully saturated rings. The number of rotatable bonds is 4. The number of aryl methyl sites for hydroxylation is 1. The van der Waals surface area contributed by atoms with E-state index in [2.05, 4.69) is 31.8 Å². The number of aromatic nitrogens is 3. The third-order valence-corrected chi connectivity index (χ3v) is 2.78. The molecule has 0 aliphatic heterocycles. The van der Waals surface area contributed by atoms with Crippen molar-refractivity contribution in [3.8, 4) is 6.07 Å². The maximum atomic E-state index is 9.24. The van der Waals surface area contributed by atoms with Crippen LogP contribution in [0.25, 0.3) is 0 Å². The summed E-state index contributed by atoms with van der Waals surface area (Å²) < 4.78 is 0. The van der Waals surface area contributed by atoms with Crippen molar-refractivity contribution in [2.75, 3.05) is 29.7 Å². The number of nitrogens with zero attached hydrogens (tertiary/aromatic N) is 5. The number of nitriles is 1. The first kappa shape index (κ1) is 14.5. The van der Waals surface area contributed by atoms with Crippen LogP contribution in [-0.4, -0.2) is 29.0 Å². The zero-order chi connectivity index (χ0) is 15.4. The lowest BCUT2D eigenvalue weighted by Crippen LogP contribution is -2.18. The number of anilines is 4. The van der Waals surface area contributed by atoms with E-state index in [1.807, 2.05) is 33.2 Å². The molecule has 8 nitrogen and oxygen atoms in total. The highest BCUT2D eigenvalue weighted by Crippen LogP contribution is 2.22. The summed E-state index contributed by atoms with van der Waals surface area (Å²) in [6.45, 7) is 1.87. The van der Waals surface area contributed by atoms with Crippen LogP contribution in [0, 0.1) is 18.3 Å². The molecule has 0 atom stereocenters. The number of nitrogens with two attached hydrogens (primary N) is 1. The quantitative estimate of drug-likeness (QED) is 0.565. The fourth-order valence-electron chi connectivity index (χ4n) is 1.73. The number of nitrogen functional groups attached to an aromatic ring is 1. The van der Waals surface area contributed by atoms with Gasteiger partial charge in [0.25, 0.3) is 0 Å². The predicted molar refractivity (Wildman–Crippen MR) is 81.1 cm³/mol. The average Bonchev–Trinajstić information content (AvgIpc) is 2.47. The summed E-state index contributed by atoms with van der Waals surface area (Å²) in [7, 11) is 3.62. The molecule has 0 saturated carbocycles. The summed E-state index contributed by atoms with van der Waals surface area (Å²) in [5.41, 5.74) is 4.45. The van der Waals surface area contributed by atoms with Crippen LogP contribution in [0.4, 0.5) is 23.5 Å². The number of hydrogen-bond acceptors (Lipinski definition) is 8. The van der Waals surface area contributed by atoms with Gasteiger partial charge in [0.1, 0.15) is 6.07 Å². The van der Waals surface area contributed by atoms with Gasteiger partial charge in [-0.2, -0.15) is 20.2 Å². The molecule has 0 aliphatic rings. The Morgan fingerprint density at radius 3 is 2.52 bits per heavy atom. The van der Waals surface area contributed by atoms with Gasteiger partial charge in [-0.1, -0.05) is 12.1 Å². The van der Waals surface area contributed by atoms with Crippen molar-refractivity contribution in [3.63, 3.8) is 0 Å². The van der Waals surface area contributed by atoms with Gasteiger partial charge in [-0.05, 0) is 18.6 Å². The molecule has 0 spiro atoms. The molecule has 1 aromatic heterocycles. The second-order valence-corrected chi connectivity index (χ2v) is 4.56. The Labute approximate surface area is 122 Å². The fourth-order valence-corrected chi connectivity index (χ4v) is 1.73. The van der Waals surface area contributed by atoms with Crippen molar-refractivity contribution in [1.82, 2.24) is 15.0 Å². The standard InChI is InChI=1S/C13H16N8/c1-8-5-4-6-10(9(8)7-14)16-11-17-12(20-15)19-13(18-11)21(2)3/h4-6H,15H2,1-3H3,(H2,16,17,18,19,20). The van der Waals surface area contributed by atoms with Gasteiger partial charge in [0, 0.05) is 14.1 Å². The van der Waals surface area contributed by atoms with Gasteiger partial charge in [-0.15, -0.1) is 0 Å². The van der Waals surface area contributed by atoms with Gasteiger partial charge in [-0.25, -0.2) is 5.84 Å². The molecule has 2 aromatic rings. The van der Waals surface area contributed by atoms with Gasteiger partial charge in [0.05, 0.1) is 11.3 Å². The van der Waals surface area contributed by atoms with Crippen molar-refractivity contribution < 1.29 is 0 Å². The molecular weight excluding hydrogens is 268 g/mol. The molecule has 8 heteroatoms. The van der Waals surface area contributed by atoms with Crippen LogP contribution in [0.3, 0.4) is 0 Å². The number of hydrogen-bond donors (Lipinski definition) is 3. The molecule has 0 aliphatic carbocycles. The number of benzene rings is 1. The van der Waals surface area contributed by atoms with E-state index in [0.717, 1.165) is 5.56 Å². The first-order valence-electron chi connectivity index (χ1n) is 6.22. The summed E-state index contributed by atoms with van der Waals surface area (Å²) in [5, 5.41) is 12.3. The SMILES string of the molecule is Cc1cccc(Nc2nc(NN)nc(N(C)C)n2)c1C#N. The Morgan fingerprint density at radius 2 is 1.90 bits per heavy atom. The Hall–Kier alpha value is -2.92. The molecule has 21 heavy (non-hydrogen) atoms. The lowest BCUT2D eigenvalue weighted by Gasteiger charge is -2.14. The van der Waals surface area contributed by atoms with Crippen molar-refractivity contribution in [3.05, 3.63) is 29.3 Å². The molecule has 2 rings (SSSR count). The fraction of sp³-hybridized carbons (Fsp3) is 0.231. The van der Waals surface area contributed by atoms with Crippen LogP contribution in [-0.2, 0) is 0 Å². The minimum Gasteiger partial charge on any atom is -0.347 e. The van der Waals surface area contributed by atoms with E-state index in [4.69, 9.17) is 5.84 Å². The third kappa shape index (κ3) is 3.16. The zero-order valence-corrected chi connectivity index (χ0v) is 12.0. The molecule has 0 radical (unpaired) electrons. The molecule has 1 heterocycles. The minimum absolute atomic E-state index is 0.238. The van der Waals surface area contributed by atoms with E-state index in [9.17, 15) is 5.26 Å². The number of hydrazine groups is 1. The first-order valence-corrected chi connectivity index (χ1v) is 6.22. The van der Waals surface area contributed by atoms with Gasteiger partial charge in [0.2, 0.25) is 17.8 Å². The van der Waals surface area contributed by atoms with E-state index < -0.39 is 0 Å². The van der Waals surface area contributed by atoms with Crippen LogP contribution >= 0.6 is 0 Å². The topological polar surface area (TPSA) is 116 Å². The zero-order valence-electron chi connectivity index (χ0n) is 12.0. The van der Waals surface area contributed by atoms with Crippen LogP contribution in [0.2, 0.25) is 0 Å². The monoisotopic (exact) mass is 284 g/mol. The van der Waals surface area contributed by atoms with Gasteiger partial charge >= 0.3 is 0 Å². The number of nitrogens with one attached hydrogen (secondary N) is 2. The lowest BCUT2D eigenvalue weighted by atomic mass is 10.1. The summed E-state index contributed by atoms with van der Waals surface area (Å²) in [6.07, 6.45) is 0. The summed E-state index contributed by atoms with van der Waals surface area (Å²) in [4.78, 5) is 14.2. The van der Waals surface area contributed by atoms with Crippen molar-refractivity contribution >= 4 is 23.5 Å². The molecule has 0 amide bonds. The highest BCUT2D eigenvalue weighted by molar-refractivity contribution is 5.66. The lowest BCUT2D eigenvalue weighted by molar-refractivity contribution is 0.957. The molecule has 108 valence electrons. The normalized spacial score (nSPS) is 9.86. The van der Waals surface area contributed by atoms with Crippen molar-refractivity contribution in [2.24, 2.45) is 5.84 Å². The summed E-state index contributed by atoms with van der Waals surface area (Å²) in [6, 6.07) is 7.68. The maximum Gasteiger partial charge on any atom is 0.243 e. The Morgan fingerprint density at radius 1 is 1.19 bits per heavy atom. The van der Waals surface area contributed by atoms with E-state index >= 15 is 0 Å². The Bertz CT molecular complexity index is 689. The van der Waals surface area contributed by atoms with E-state index in [0.29, 0.717) is 23.1 Å². The second-order valence-electron chi connectivity index (χ2n) is 4.56. The highest BCUT2D eigenvalue weighted by atomic mass is 15.4. The molecule has 1 aromatic carbocycles. The van der Waals surface area contributed by atoms with Crippen LogP contribution < -0.4 is 21.5 Å². The van der Waals surface area contributed by atoms with Crippen LogP contribution in [0.1, 0.15) is 11.1 Å². The Kier molecular flexibility index (Phi) is 4.15. The van der Waals surface area contributed by atoms with Crippen molar-refractivity contribution in [1.29, 1.82) is 5.26 Å². The van der Waals surface area contributed by atoms with Gasteiger partial charge in [0.15, 0.2) is 0 Å². The molecule has 4 N–H and O–H groups in total. The van der Waals surface area contributed by atoms with E-state index in [-0.39, 0.29) is 5.95 Å². The van der Waals surface area contributed by atoms with E-state index in [1.54, 1.807) is 11.0 Å². The largest absolute Gasteiger partial charge is 0.347 e. The third-order valence-electron chi connectivity index (χ3n) is 2.78. The molecular formula is C13H16N8. The smallest absolute Gasteiger partial charge is 0.243 e. The first-order chi connectivity index (χ1) is 10.0. The van der Waals surface area contributed by atoms with Gasteiger partial charge in [-0.3, -0.25) is 5.43 Å². The average molecular weight is 284 g/mol. The molecule has 0 saturated heterocycles. The maximum absolute atomic E-state index is 9.24. The van der Waals surface area contributed by atoms with Crippen LogP contribution in [0.5, 0.6) is 0 Å². The van der Waals surface area contributed by atoms with E-state index in [1.165, 1.54) is 0 Å². The second kappa shape index (κ2) is 6.02. The van der Waals surface area contributed by atoms with Gasteiger partial charge < -0.3 is 10.2 Å². The summed E-state index contributed by atoms with van der Waals surface area (Å²) >= 11 is 0. The highest BCUT2D eigenvalue weighted by Gasteiger charge is 2.10. The Balaban J connectivity index is 2.42. The minimum atomic E-state index is 0.238. The molecule has 0 bridgehead atoms. The predicted octanol–water partition coefficient (Wildman–Crippen LogP) is 1.15. The molecule has 0 unspecified atom stereocenters.